The molecule has 1 unspecified atom stereocenters. The largest absolute Gasteiger partial charge is 0.440 e. The Morgan fingerprint density at radius 1 is 1.04 bits per heavy atom. The summed E-state index contributed by atoms with van der Waals surface area (Å²) in [6.45, 7) is 6.94. The van der Waals surface area contributed by atoms with Crippen LogP contribution in [0.25, 0.3) is 11.1 Å². The van der Waals surface area contributed by atoms with E-state index in [2.05, 4.69) is 21.2 Å². The molecule has 5 heteroatoms. The van der Waals surface area contributed by atoms with E-state index in [0.29, 0.717) is 5.92 Å². The molecular formula is C22H27N3OS. The minimum atomic E-state index is 0.412. The topological polar surface area (TPSA) is 32.5 Å². The smallest absolute Gasteiger partial charge is 0.199 e. The van der Waals surface area contributed by atoms with E-state index in [1.54, 1.807) is 0 Å². The first-order valence-corrected chi connectivity index (χ1v) is 11.1. The predicted molar refractivity (Wildman–Crippen MR) is 110 cm³/mol. The summed E-state index contributed by atoms with van der Waals surface area (Å²) in [5, 5.41) is 2.36. The highest BCUT2D eigenvalue weighted by molar-refractivity contribution is 7.10. The van der Waals surface area contributed by atoms with Gasteiger partial charge in [0.25, 0.3) is 0 Å². The number of para-hydroxylation sites is 2. The van der Waals surface area contributed by atoms with Crippen molar-refractivity contribution < 1.29 is 4.42 Å². The Morgan fingerprint density at radius 2 is 1.89 bits per heavy atom. The van der Waals surface area contributed by atoms with Gasteiger partial charge in [0.2, 0.25) is 0 Å². The van der Waals surface area contributed by atoms with Crippen LogP contribution in [-0.2, 0) is 13.1 Å². The van der Waals surface area contributed by atoms with Crippen LogP contribution in [0.3, 0.4) is 0 Å². The lowest BCUT2D eigenvalue weighted by Crippen LogP contribution is -2.33. The highest BCUT2D eigenvalue weighted by Gasteiger charge is 2.25. The highest BCUT2D eigenvalue weighted by atomic mass is 32.1. The fourth-order valence-electron chi connectivity index (χ4n) is 4.48. The number of fused-ring (bicyclic) bond motifs is 1. The van der Waals surface area contributed by atoms with E-state index >= 15 is 0 Å². The first-order chi connectivity index (χ1) is 13.3. The molecule has 4 nitrogen and oxygen atoms in total. The third-order valence-corrected chi connectivity index (χ3v) is 6.83. The van der Waals surface area contributed by atoms with E-state index in [4.69, 9.17) is 9.40 Å². The fourth-order valence-corrected chi connectivity index (χ4v) is 5.40. The van der Waals surface area contributed by atoms with Crippen molar-refractivity contribution in [3.8, 4) is 0 Å². The van der Waals surface area contributed by atoms with Gasteiger partial charge < -0.3 is 4.42 Å². The number of benzene rings is 1. The van der Waals surface area contributed by atoms with Gasteiger partial charge in [-0.15, -0.1) is 11.3 Å². The zero-order valence-electron chi connectivity index (χ0n) is 15.8. The molecule has 0 saturated carbocycles. The second-order valence-electron chi connectivity index (χ2n) is 8.00. The second-order valence-corrected chi connectivity index (χ2v) is 8.99. The Balaban J connectivity index is 1.22. The Kier molecular flexibility index (Phi) is 4.99. The number of hydrogen-bond acceptors (Lipinski definition) is 5. The van der Waals surface area contributed by atoms with Gasteiger partial charge in [-0.1, -0.05) is 12.1 Å². The predicted octanol–water partition coefficient (Wildman–Crippen LogP) is 4.86. The fraction of sp³-hybridized carbons (Fsp3) is 0.500. The van der Waals surface area contributed by atoms with Gasteiger partial charge in [-0.3, -0.25) is 9.80 Å². The third kappa shape index (κ3) is 3.96. The lowest BCUT2D eigenvalue weighted by molar-refractivity contribution is 0.188. The number of thiophene rings is 1. The molecule has 142 valence electrons. The minimum Gasteiger partial charge on any atom is -0.440 e. The van der Waals surface area contributed by atoms with Crippen molar-refractivity contribution in [2.75, 3.05) is 26.2 Å². The lowest BCUT2D eigenvalue weighted by Gasteiger charge is -2.30. The number of likely N-dealkylation sites (tertiary alicyclic amines) is 2. The van der Waals surface area contributed by atoms with Crippen molar-refractivity contribution in [2.24, 2.45) is 0 Å². The van der Waals surface area contributed by atoms with Gasteiger partial charge in [-0.25, -0.2) is 4.98 Å². The molecule has 3 aromatic rings. The Bertz CT molecular complexity index is 863. The van der Waals surface area contributed by atoms with Crippen molar-refractivity contribution in [3.05, 3.63) is 52.0 Å². The van der Waals surface area contributed by atoms with Crippen molar-refractivity contribution >= 4 is 22.4 Å². The molecule has 4 heterocycles. The van der Waals surface area contributed by atoms with Crippen LogP contribution < -0.4 is 0 Å². The van der Waals surface area contributed by atoms with Crippen LogP contribution in [0.4, 0.5) is 0 Å². The van der Waals surface area contributed by atoms with Gasteiger partial charge in [-0.05, 0) is 74.5 Å². The van der Waals surface area contributed by atoms with E-state index in [1.807, 2.05) is 35.6 Å². The van der Waals surface area contributed by atoms with Crippen LogP contribution in [0, 0.1) is 0 Å². The van der Waals surface area contributed by atoms with Gasteiger partial charge in [-0.2, -0.15) is 0 Å². The molecule has 0 aliphatic carbocycles. The zero-order valence-corrected chi connectivity index (χ0v) is 16.6. The summed E-state index contributed by atoms with van der Waals surface area (Å²) in [6.07, 6.45) is 5.12. The highest BCUT2D eigenvalue weighted by Crippen LogP contribution is 2.30. The SMILES string of the molecule is c1ccc2oc(C3CCCN(Cc4cc(CN5CCCC5)cs4)C3)nc2c1. The van der Waals surface area contributed by atoms with E-state index in [-0.39, 0.29) is 0 Å². The maximum absolute atomic E-state index is 6.04. The molecule has 5 rings (SSSR count). The van der Waals surface area contributed by atoms with Crippen molar-refractivity contribution in [3.63, 3.8) is 0 Å². The first kappa shape index (κ1) is 17.4. The molecule has 0 spiro atoms. The van der Waals surface area contributed by atoms with Crippen LogP contribution in [-0.4, -0.2) is 41.0 Å². The summed E-state index contributed by atoms with van der Waals surface area (Å²) in [6, 6.07) is 10.5. The third-order valence-electron chi connectivity index (χ3n) is 5.86. The molecule has 2 fully saturated rings. The molecule has 0 amide bonds. The van der Waals surface area contributed by atoms with E-state index in [9.17, 15) is 0 Å². The van der Waals surface area contributed by atoms with E-state index in [1.165, 1.54) is 55.8 Å². The van der Waals surface area contributed by atoms with E-state index < -0.39 is 0 Å². The Labute approximate surface area is 164 Å². The Morgan fingerprint density at radius 3 is 2.78 bits per heavy atom. The molecule has 0 radical (unpaired) electrons. The molecule has 2 aromatic heterocycles. The number of rotatable bonds is 5. The molecular weight excluding hydrogens is 354 g/mol. The molecule has 0 bridgehead atoms. The Hall–Kier alpha value is -1.69. The summed E-state index contributed by atoms with van der Waals surface area (Å²) >= 11 is 1.92. The average molecular weight is 382 g/mol. The number of piperidine rings is 1. The van der Waals surface area contributed by atoms with Gasteiger partial charge in [0.1, 0.15) is 5.52 Å². The molecule has 2 aliphatic heterocycles. The van der Waals surface area contributed by atoms with Crippen LogP contribution in [0.1, 0.15) is 47.9 Å². The maximum atomic E-state index is 6.04. The van der Waals surface area contributed by atoms with Crippen molar-refractivity contribution in [2.45, 2.75) is 44.7 Å². The minimum absolute atomic E-state index is 0.412. The van der Waals surface area contributed by atoms with Gasteiger partial charge in [0.15, 0.2) is 11.5 Å². The molecule has 27 heavy (non-hydrogen) atoms. The quantitative estimate of drug-likeness (QED) is 0.631. The van der Waals surface area contributed by atoms with Crippen molar-refractivity contribution in [1.82, 2.24) is 14.8 Å². The summed E-state index contributed by atoms with van der Waals surface area (Å²) in [5.74, 6) is 1.33. The normalized spacial score (nSPS) is 22.0. The monoisotopic (exact) mass is 381 g/mol. The van der Waals surface area contributed by atoms with Crippen LogP contribution in [0.2, 0.25) is 0 Å². The summed E-state index contributed by atoms with van der Waals surface area (Å²) in [4.78, 5) is 11.4. The number of nitrogens with zero attached hydrogens (tertiary/aromatic N) is 3. The van der Waals surface area contributed by atoms with Crippen molar-refractivity contribution in [1.29, 1.82) is 0 Å². The average Bonchev–Trinajstić information content (AvgIpc) is 3.43. The first-order valence-electron chi connectivity index (χ1n) is 10.2. The van der Waals surface area contributed by atoms with Gasteiger partial charge >= 0.3 is 0 Å². The molecule has 2 aliphatic rings. The number of hydrogen-bond donors (Lipinski definition) is 0. The van der Waals surface area contributed by atoms with E-state index in [0.717, 1.165) is 36.6 Å². The summed E-state index contributed by atoms with van der Waals surface area (Å²) in [5.41, 5.74) is 3.38. The lowest BCUT2D eigenvalue weighted by atomic mass is 9.98. The molecule has 1 atom stereocenters. The van der Waals surface area contributed by atoms with Crippen LogP contribution in [0.5, 0.6) is 0 Å². The standard InChI is InChI=1S/C22H27N3OS/c1-2-8-21-20(7-1)23-22(26-21)18-6-5-11-25(14-18)15-19-12-17(16-27-19)13-24-9-3-4-10-24/h1-2,7-8,12,16,18H,3-6,9-11,13-15H2. The zero-order chi connectivity index (χ0) is 18.1. The summed E-state index contributed by atoms with van der Waals surface area (Å²) in [7, 11) is 0. The van der Waals surface area contributed by atoms with Gasteiger partial charge in [0.05, 0.1) is 0 Å². The molecule has 0 N–H and O–H groups in total. The maximum Gasteiger partial charge on any atom is 0.199 e. The van der Waals surface area contributed by atoms with Crippen LogP contribution in [0.15, 0.2) is 40.1 Å². The van der Waals surface area contributed by atoms with Gasteiger partial charge in [0, 0.05) is 30.4 Å². The van der Waals surface area contributed by atoms with Crippen LogP contribution >= 0.6 is 11.3 Å². The molecule has 2 saturated heterocycles. The molecule has 1 aromatic carbocycles. The number of oxazole rings is 1. The summed E-state index contributed by atoms with van der Waals surface area (Å²) < 4.78 is 6.04. The second kappa shape index (κ2) is 7.74. The number of aromatic nitrogens is 1.